The zero-order valence-electron chi connectivity index (χ0n) is 15.2. The Labute approximate surface area is 166 Å². The molecule has 0 saturated carbocycles. The molecule has 1 heterocycles. The number of nitrogens with one attached hydrogen (secondary N) is 1. The van der Waals surface area contributed by atoms with Gasteiger partial charge < -0.3 is 5.32 Å². The summed E-state index contributed by atoms with van der Waals surface area (Å²) in [6.07, 6.45) is 0.00387. The number of halogens is 1. The van der Waals surface area contributed by atoms with Crippen LogP contribution in [0, 0.1) is 19.7 Å². The van der Waals surface area contributed by atoms with Crippen LogP contribution in [0.25, 0.3) is 10.6 Å². The molecule has 3 aromatic rings. The number of carbonyl (C=O) groups is 1. The number of carbonyl (C=O) groups excluding carboxylic acids is 1. The third-order valence-corrected chi connectivity index (χ3v) is 6.04. The Hall–Kier alpha value is -2.62. The van der Waals surface area contributed by atoms with E-state index in [0.29, 0.717) is 27.5 Å². The molecular weight excluding hydrogens is 401 g/mol. The van der Waals surface area contributed by atoms with Crippen molar-refractivity contribution in [3.8, 4) is 10.6 Å². The van der Waals surface area contributed by atoms with Crippen molar-refractivity contribution in [3.63, 3.8) is 0 Å². The van der Waals surface area contributed by atoms with E-state index in [1.807, 2.05) is 0 Å². The average molecular weight is 420 g/mol. The summed E-state index contributed by atoms with van der Waals surface area (Å²) in [6, 6.07) is 8.89. The van der Waals surface area contributed by atoms with Crippen LogP contribution in [0.1, 0.15) is 16.8 Å². The number of hydrogen-bond acceptors (Lipinski definition) is 5. The van der Waals surface area contributed by atoms with Crippen LogP contribution < -0.4 is 10.5 Å². The molecule has 0 fully saturated rings. The van der Waals surface area contributed by atoms with Gasteiger partial charge in [-0.1, -0.05) is 12.1 Å². The molecule has 3 N–H and O–H groups in total. The Balaban J connectivity index is 1.77. The number of benzene rings is 2. The lowest BCUT2D eigenvalue weighted by atomic mass is 10.1. The molecule has 0 aliphatic rings. The molecule has 0 spiro atoms. The Bertz CT molecular complexity index is 1160. The van der Waals surface area contributed by atoms with Gasteiger partial charge in [-0.15, -0.1) is 11.3 Å². The summed E-state index contributed by atoms with van der Waals surface area (Å²) >= 11 is 1.32. The molecule has 0 unspecified atom stereocenters. The van der Waals surface area contributed by atoms with Gasteiger partial charge in [0.15, 0.2) is 0 Å². The number of nitrogens with zero attached hydrogens (tertiary/aromatic N) is 1. The van der Waals surface area contributed by atoms with Gasteiger partial charge in [-0.3, -0.25) is 4.79 Å². The summed E-state index contributed by atoms with van der Waals surface area (Å²) in [5, 5.41) is 10.3. The summed E-state index contributed by atoms with van der Waals surface area (Å²) < 4.78 is 36.6. The first-order chi connectivity index (χ1) is 13.1. The molecule has 6 nitrogen and oxygen atoms in total. The predicted octanol–water partition coefficient (Wildman–Crippen LogP) is 3.39. The number of aryl methyl sites for hydroxylation is 1. The monoisotopic (exact) mass is 419 g/mol. The highest BCUT2D eigenvalue weighted by atomic mass is 32.2. The van der Waals surface area contributed by atoms with Crippen LogP contribution in [-0.4, -0.2) is 19.3 Å². The minimum absolute atomic E-state index is 0.00387. The third kappa shape index (κ3) is 4.61. The van der Waals surface area contributed by atoms with E-state index in [1.54, 1.807) is 31.4 Å². The Kier molecular flexibility index (Phi) is 5.59. The number of primary sulfonamides is 1. The van der Waals surface area contributed by atoms with Crippen molar-refractivity contribution in [1.29, 1.82) is 0 Å². The van der Waals surface area contributed by atoms with Gasteiger partial charge in [-0.25, -0.2) is 22.9 Å². The van der Waals surface area contributed by atoms with Crippen molar-refractivity contribution in [1.82, 2.24) is 4.98 Å². The van der Waals surface area contributed by atoms with Gasteiger partial charge in [0, 0.05) is 16.6 Å². The van der Waals surface area contributed by atoms with E-state index in [0.717, 1.165) is 5.56 Å². The first kappa shape index (κ1) is 20.1. The summed E-state index contributed by atoms with van der Waals surface area (Å²) in [6.45, 7) is 3.52. The Morgan fingerprint density at radius 2 is 2.00 bits per heavy atom. The van der Waals surface area contributed by atoms with Crippen LogP contribution in [0.3, 0.4) is 0 Å². The van der Waals surface area contributed by atoms with E-state index in [4.69, 9.17) is 5.14 Å². The van der Waals surface area contributed by atoms with Crippen molar-refractivity contribution >= 4 is 33.0 Å². The van der Waals surface area contributed by atoms with Gasteiger partial charge in [0.2, 0.25) is 15.9 Å². The van der Waals surface area contributed by atoms with E-state index >= 15 is 0 Å². The first-order valence-corrected chi connectivity index (χ1v) is 10.7. The number of thiazole rings is 1. The zero-order valence-corrected chi connectivity index (χ0v) is 16.8. The van der Waals surface area contributed by atoms with Crippen LogP contribution in [0.4, 0.5) is 10.1 Å². The number of nitrogens with two attached hydrogens (primary N) is 1. The molecule has 2 aromatic carbocycles. The smallest absolute Gasteiger partial charge is 0.238 e. The number of hydrogen-bond donors (Lipinski definition) is 2. The maximum atomic E-state index is 13.4. The fourth-order valence-corrected chi connectivity index (χ4v) is 4.06. The lowest BCUT2D eigenvalue weighted by Gasteiger charge is -2.12. The maximum absolute atomic E-state index is 13.4. The fraction of sp³-hybridized carbons (Fsp3) is 0.158. The van der Waals surface area contributed by atoms with Gasteiger partial charge >= 0.3 is 0 Å². The second-order valence-corrected chi connectivity index (χ2v) is 8.76. The van der Waals surface area contributed by atoms with Gasteiger partial charge in [0.25, 0.3) is 0 Å². The molecule has 9 heteroatoms. The number of anilines is 1. The molecule has 0 aliphatic carbocycles. The lowest BCUT2D eigenvalue weighted by molar-refractivity contribution is -0.115. The van der Waals surface area contributed by atoms with Crippen LogP contribution in [0.5, 0.6) is 0 Å². The molecule has 0 atom stereocenters. The average Bonchev–Trinajstić information content (AvgIpc) is 3.06. The molecule has 0 bridgehead atoms. The Morgan fingerprint density at radius 3 is 2.68 bits per heavy atom. The first-order valence-electron chi connectivity index (χ1n) is 8.28. The molecule has 3 rings (SSSR count). The maximum Gasteiger partial charge on any atom is 0.238 e. The molecular formula is C19H18FN3O3S2. The van der Waals surface area contributed by atoms with Crippen LogP contribution in [0.15, 0.2) is 46.7 Å². The summed E-state index contributed by atoms with van der Waals surface area (Å²) in [4.78, 5) is 16.7. The molecule has 146 valence electrons. The van der Waals surface area contributed by atoms with Crippen LogP contribution >= 0.6 is 11.3 Å². The highest BCUT2D eigenvalue weighted by Gasteiger charge is 2.15. The molecule has 0 saturated heterocycles. The SMILES string of the molecule is Cc1cc(S(N)(=O)=O)cc(NC(=O)Cc2csc(-c3cccc(F)c3)n2)c1C. The predicted molar refractivity (Wildman–Crippen MR) is 107 cm³/mol. The van der Waals surface area contributed by atoms with E-state index < -0.39 is 10.0 Å². The topological polar surface area (TPSA) is 102 Å². The molecule has 1 amide bonds. The summed E-state index contributed by atoms with van der Waals surface area (Å²) in [5.41, 5.74) is 3.01. The van der Waals surface area contributed by atoms with Gasteiger partial charge in [-0.2, -0.15) is 0 Å². The second-order valence-electron chi connectivity index (χ2n) is 6.34. The van der Waals surface area contributed by atoms with E-state index in [2.05, 4.69) is 10.3 Å². The standard InChI is InChI=1S/C19H18FN3O3S2/c1-11-6-16(28(21,25)26)9-17(12(11)2)23-18(24)8-15-10-27-19(22-15)13-4-3-5-14(20)7-13/h3-7,9-10H,8H2,1-2H3,(H,23,24)(H2,21,25,26). The third-order valence-electron chi connectivity index (χ3n) is 4.21. The van der Waals surface area contributed by atoms with Gasteiger partial charge in [0.1, 0.15) is 10.8 Å². The highest BCUT2D eigenvalue weighted by molar-refractivity contribution is 7.89. The number of rotatable bonds is 5. The fourth-order valence-electron chi connectivity index (χ4n) is 2.62. The van der Waals surface area contributed by atoms with Crippen molar-refractivity contribution in [2.75, 3.05) is 5.32 Å². The quantitative estimate of drug-likeness (QED) is 0.662. The van der Waals surface area contributed by atoms with Crippen molar-refractivity contribution in [2.45, 2.75) is 25.2 Å². The minimum atomic E-state index is -3.88. The summed E-state index contributed by atoms with van der Waals surface area (Å²) in [5.74, 6) is -0.697. The van der Waals surface area contributed by atoms with Crippen molar-refractivity contribution in [3.05, 3.63) is 64.4 Å². The minimum Gasteiger partial charge on any atom is -0.325 e. The van der Waals surface area contributed by atoms with Crippen molar-refractivity contribution in [2.24, 2.45) is 5.14 Å². The highest BCUT2D eigenvalue weighted by Crippen LogP contribution is 2.26. The number of sulfonamides is 1. The number of amides is 1. The van der Waals surface area contributed by atoms with Crippen molar-refractivity contribution < 1.29 is 17.6 Å². The van der Waals surface area contributed by atoms with E-state index in [9.17, 15) is 17.6 Å². The molecule has 0 radical (unpaired) electrons. The lowest BCUT2D eigenvalue weighted by Crippen LogP contribution is -2.17. The van der Waals surface area contributed by atoms with Crippen LogP contribution in [0.2, 0.25) is 0 Å². The normalized spacial score (nSPS) is 11.4. The Morgan fingerprint density at radius 1 is 1.25 bits per heavy atom. The zero-order chi connectivity index (χ0) is 20.5. The van der Waals surface area contributed by atoms with Gasteiger partial charge in [-0.05, 0) is 49.2 Å². The summed E-state index contributed by atoms with van der Waals surface area (Å²) in [7, 11) is -3.88. The second kappa shape index (κ2) is 7.78. The van der Waals surface area contributed by atoms with E-state index in [-0.39, 0.29) is 23.0 Å². The number of aromatic nitrogens is 1. The molecule has 0 aliphatic heterocycles. The molecule has 1 aromatic heterocycles. The van der Waals surface area contributed by atoms with Crippen LogP contribution in [-0.2, 0) is 21.2 Å². The van der Waals surface area contributed by atoms with E-state index in [1.165, 1.54) is 35.6 Å². The van der Waals surface area contributed by atoms with Gasteiger partial charge in [0.05, 0.1) is 17.0 Å². The molecule has 28 heavy (non-hydrogen) atoms. The largest absolute Gasteiger partial charge is 0.325 e.